The Morgan fingerprint density at radius 2 is 1.50 bits per heavy atom. The number of aromatic nitrogens is 2. The van der Waals surface area contributed by atoms with Gasteiger partial charge in [-0.2, -0.15) is 0 Å². The first-order valence-electron chi connectivity index (χ1n) is 12.6. The van der Waals surface area contributed by atoms with E-state index in [2.05, 4.69) is 46.8 Å². The molecule has 1 fully saturated rings. The Balaban J connectivity index is 0.000000588. The van der Waals surface area contributed by atoms with Gasteiger partial charge in [0, 0.05) is 25.1 Å². The van der Waals surface area contributed by atoms with E-state index < -0.39 is 0 Å². The summed E-state index contributed by atoms with van der Waals surface area (Å²) < 4.78 is 4.07. The second kappa shape index (κ2) is 12.5. The molecule has 4 rings (SSSR count). The van der Waals surface area contributed by atoms with Crippen LogP contribution in [0, 0.1) is 6.92 Å². The third-order valence-electron chi connectivity index (χ3n) is 6.67. The molecule has 0 saturated carbocycles. The van der Waals surface area contributed by atoms with Crippen LogP contribution in [0.4, 0.5) is 0 Å². The van der Waals surface area contributed by atoms with E-state index >= 15 is 0 Å². The Morgan fingerprint density at radius 1 is 0.941 bits per heavy atom. The highest BCUT2D eigenvalue weighted by molar-refractivity contribution is 5.74. The lowest BCUT2D eigenvalue weighted by Crippen LogP contribution is -2.33. The molecule has 0 unspecified atom stereocenters. The van der Waals surface area contributed by atoms with Crippen LogP contribution >= 0.6 is 0 Å². The summed E-state index contributed by atoms with van der Waals surface area (Å²) in [6, 6.07) is 20.9. The quantitative estimate of drug-likeness (QED) is 0.452. The number of hydrogen-bond acceptors (Lipinski definition) is 3. The zero-order valence-corrected chi connectivity index (χ0v) is 21.2. The molecule has 0 amide bonds. The number of nitrogens with zero attached hydrogens (tertiary/aromatic N) is 3. The van der Waals surface area contributed by atoms with Crippen molar-refractivity contribution >= 4 is 5.78 Å². The number of carbonyl (C=O) groups excluding carboxylic acids is 1. The minimum Gasteiger partial charge on any atom is -0.300 e. The van der Waals surface area contributed by atoms with E-state index in [1.165, 1.54) is 24.1 Å². The fourth-order valence-electron chi connectivity index (χ4n) is 4.54. The number of carbonyl (C=O) groups is 1. The maximum absolute atomic E-state index is 13.1. The van der Waals surface area contributed by atoms with Crippen molar-refractivity contribution < 1.29 is 4.79 Å². The molecule has 0 aliphatic carbocycles. The minimum atomic E-state index is 0.110. The van der Waals surface area contributed by atoms with Crippen LogP contribution in [-0.2, 0) is 17.9 Å². The molecule has 0 atom stereocenters. The van der Waals surface area contributed by atoms with Gasteiger partial charge in [0.15, 0.2) is 0 Å². The highest BCUT2D eigenvalue weighted by Gasteiger charge is 2.24. The van der Waals surface area contributed by atoms with E-state index in [9.17, 15) is 9.59 Å². The summed E-state index contributed by atoms with van der Waals surface area (Å²) in [5.74, 6) is 0.908. The summed E-state index contributed by atoms with van der Waals surface area (Å²) in [5, 5.41) is 0. The Labute approximate surface area is 204 Å². The van der Waals surface area contributed by atoms with Gasteiger partial charge in [0.2, 0.25) is 0 Å². The number of ketones is 1. The van der Waals surface area contributed by atoms with E-state index in [-0.39, 0.29) is 11.3 Å². The summed E-state index contributed by atoms with van der Waals surface area (Å²) in [4.78, 5) is 25.4. The summed E-state index contributed by atoms with van der Waals surface area (Å²) in [6.45, 7) is 11.5. The van der Waals surface area contributed by atoms with E-state index in [1.54, 1.807) is 6.92 Å². The summed E-state index contributed by atoms with van der Waals surface area (Å²) in [6.07, 6.45) is 4.03. The molecule has 0 bridgehead atoms. The van der Waals surface area contributed by atoms with Crippen LogP contribution in [0.2, 0.25) is 0 Å². The molecule has 1 aliphatic heterocycles. The van der Waals surface area contributed by atoms with Gasteiger partial charge in [0.25, 0.3) is 5.56 Å². The lowest BCUT2D eigenvalue weighted by molar-refractivity contribution is -0.116. The van der Waals surface area contributed by atoms with E-state index in [0.717, 1.165) is 43.9 Å². The number of benzene rings is 2. The van der Waals surface area contributed by atoms with Crippen LogP contribution in [0.15, 0.2) is 65.5 Å². The molecule has 2 aromatic carbocycles. The van der Waals surface area contributed by atoms with Gasteiger partial charge in [-0.25, -0.2) is 4.68 Å². The number of piperidine rings is 1. The molecule has 5 heteroatoms. The molecule has 3 aromatic rings. The maximum Gasteiger partial charge on any atom is 0.274 e. The van der Waals surface area contributed by atoms with Crippen LogP contribution in [0.1, 0.15) is 69.2 Å². The normalized spacial score (nSPS) is 14.5. The lowest BCUT2D eigenvalue weighted by atomic mass is 9.89. The van der Waals surface area contributed by atoms with Crippen LogP contribution in [0.3, 0.4) is 0 Å². The first-order chi connectivity index (χ1) is 16.5. The van der Waals surface area contributed by atoms with E-state index in [1.807, 2.05) is 48.9 Å². The molecule has 1 aliphatic rings. The molecule has 1 saturated heterocycles. The van der Waals surface area contributed by atoms with Crippen LogP contribution in [0.5, 0.6) is 0 Å². The average Bonchev–Trinajstić information content (AvgIpc) is 3.10. The standard InChI is InChI=1S/C25H31N3O.C4H8O/c1-3-16-27-24(20(2)25(29)28(27)23-12-8-5-9-13-23)19-26-17-14-22(15-18-26)21-10-6-4-7-11-21;1-3-4(2)5/h4-13,22H,3,14-19H2,1-2H3;3H2,1-2H3. The van der Waals surface area contributed by atoms with Gasteiger partial charge in [-0.1, -0.05) is 62.4 Å². The predicted molar refractivity (Wildman–Crippen MR) is 140 cm³/mol. The van der Waals surface area contributed by atoms with Crippen molar-refractivity contribution in [2.45, 2.75) is 72.4 Å². The zero-order valence-electron chi connectivity index (χ0n) is 21.2. The summed E-state index contributed by atoms with van der Waals surface area (Å²) in [5.41, 5.74) is 4.56. The second-order valence-electron chi connectivity index (χ2n) is 9.16. The van der Waals surface area contributed by atoms with E-state index in [4.69, 9.17) is 0 Å². The van der Waals surface area contributed by atoms with Crippen molar-refractivity contribution in [1.29, 1.82) is 0 Å². The molecule has 0 spiro atoms. The molecular weight excluding hydrogens is 422 g/mol. The van der Waals surface area contributed by atoms with Crippen LogP contribution in [0.25, 0.3) is 5.69 Å². The molecule has 1 aromatic heterocycles. The van der Waals surface area contributed by atoms with Gasteiger partial charge < -0.3 is 4.79 Å². The minimum absolute atomic E-state index is 0.110. The third kappa shape index (κ3) is 6.35. The lowest BCUT2D eigenvalue weighted by Gasteiger charge is -2.32. The van der Waals surface area contributed by atoms with Crippen molar-refractivity contribution in [3.63, 3.8) is 0 Å². The van der Waals surface area contributed by atoms with Gasteiger partial charge in [-0.05, 0) is 69.8 Å². The fraction of sp³-hybridized carbons (Fsp3) is 0.448. The van der Waals surface area contributed by atoms with Crippen LogP contribution < -0.4 is 5.56 Å². The Hall–Kier alpha value is -2.92. The van der Waals surface area contributed by atoms with Gasteiger partial charge in [0.05, 0.1) is 11.4 Å². The maximum atomic E-state index is 13.1. The SMILES string of the molecule is CCC(C)=O.CCCn1c(CN2CCC(c3ccccc3)CC2)c(C)c(=O)n1-c1ccccc1. The number of hydrogen-bond donors (Lipinski definition) is 0. The Kier molecular flexibility index (Phi) is 9.46. The van der Waals surface area contributed by atoms with Gasteiger partial charge in [0.1, 0.15) is 5.78 Å². The number of para-hydroxylation sites is 1. The highest BCUT2D eigenvalue weighted by Crippen LogP contribution is 2.28. The first kappa shape index (κ1) is 25.7. The fourth-order valence-corrected chi connectivity index (χ4v) is 4.54. The second-order valence-corrected chi connectivity index (χ2v) is 9.16. The average molecular weight is 462 g/mol. The van der Waals surface area contributed by atoms with Gasteiger partial charge in [-0.15, -0.1) is 0 Å². The third-order valence-corrected chi connectivity index (χ3v) is 6.67. The Morgan fingerprint density at radius 3 is 2.03 bits per heavy atom. The number of likely N-dealkylation sites (tertiary alicyclic amines) is 1. The van der Waals surface area contributed by atoms with E-state index in [0.29, 0.717) is 12.3 Å². The number of Topliss-reactive ketones (excluding diaryl/α,β-unsaturated/α-hetero) is 1. The van der Waals surface area contributed by atoms with Crippen molar-refractivity contribution in [2.24, 2.45) is 0 Å². The molecule has 34 heavy (non-hydrogen) atoms. The largest absolute Gasteiger partial charge is 0.300 e. The molecule has 2 heterocycles. The summed E-state index contributed by atoms with van der Waals surface area (Å²) in [7, 11) is 0. The number of rotatable bonds is 7. The predicted octanol–water partition coefficient (Wildman–Crippen LogP) is 5.72. The molecule has 0 radical (unpaired) electrons. The molecule has 0 N–H and O–H groups in total. The highest BCUT2D eigenvalue weighted by atomic mass is 16.1. The molecule has 5 nitrogen and oxygen atoms in total. The van der Waals surface area contributed by atoms with Crippen LogP contribution in [-0.4, -0.2) is 33.1 Å². The van der Waals surface area contributed by atoms with Crippen molar-refractivity contribution in [2.75, 3.05) is 13.1 Å². The van der Waals surface area contributed by atoms with Gasteiger partial charge in [-0.3, -0.25) is 14.4 Å². The Bertz CT molecular complexity index is 1090. The molecular formula is C29H39N3O2. The van der Waals surface area contributed by atoms with Crippen molar-refractivity contribution in [3.8, 4) is 5.69 Å². The first-order valence-corrected chi connectivity index (χ1v) is 12.6. The zero-order chi connectivity index (χ0) is 24.5. The van der Waals surface area contributed by atoms with Gasteiger partial charge >= 0.3 is 0 Å². The summed E-state index contributed by atoms with van der Waals surface area (Å²) >= 11 is 0. The molecule has 182 valence electrons. The van der Waals surface area contributed by atoms with Crippen molar-refractivity contribution in [1.82, 2.24) is 14.3 Å². The van der Waals surface area contributed by atoms with Crippen molar-refractivity contribution in [3.05, 3.63) is 87.8 Å². The monoisotopic (exact) mass is 461 g/mol. The topological polar surface area (TPSA) is 47.2 Å². The smallest absolute Gasteiger partial charge is 0.274 e.